The number of piperidine rings is 1. The molecule has 0 bridgehead atoms. The second-order valence-corrected chi connectivity index (χ2v) is 9.70. The maximum absolute atomic E-state index is 12.9. The topological polar surface area (TPSA) is 79.7 Å². The summed E-state index contributed by atoms with van der Waals surface area (Å²) in [5.74, 6) is -0.820. The molecule has 33 heavy (non-hydrogen) atoms. The number of hydrogen-bond acceptors (Lipinski definition) is 4. The Balaban J connectivity index is 1.41. The minimum absolute atomic E-state index is 0.0401. The fourth-order valence-corrected chi connectivity index (χ4v) is 6.04. The Morgan fingerprint density at radius 1 is 0.970 bits per heavy atom. The quantitative estimate of drug-likeness (QED) is 0.719. The Hall–Kier alpha value is -2.89. The first-order valence-corrected chi connectivity index (χ1v) is 12.3. The van der Waals surface area contributed by atoms with Crippen molar-refractivity contribution in [3.63, 3.8) is 0 Å². The molecule has 0 radical (unpaired) electrons. The molecule has 2 aliphatic carbocycles. The van der Waals surface area contributed by atoms with E-state index in [2.05, 4.69) is 30.3 Å². The number of carbonyl (C=O) groups is 2. The average molecular weight is 449 g/mol. The lowest BCUT2D eigenvalue weighted by atomic mass is 9.74. The highest BCUT2D eigenvalue weighted by atomic mass is 16.6. The second kappa shape index (κ2) is 9.54. The number of amides is 1. The van der Waals surface area contributed by atoms with E-state index in [-0.39, 0.29) is 17.9 Å². The minimum Gasteiger partial charge on any atom is -0.480 e. The smallest absolute Gasteiger partial charge is 0.410 e. The van der Waals surface area contributed by atoms with Gasteiger partial charge in [0.15, 0.2) is 0 Å². The number of aromatic nitrogens is 1. The van der Waals surface area contributed by atoms with Gasteiger partial charge in [0.05, 0.1) is 5.69 Å². The van der Waals surface area contributed by atoms with E-state index in [0.29, 0.717) is 13.0 Å². The van der Waals surface area contributed by atoms with Gasteiger partial charge in [0, 0.05) is 18.7 Å². The third-order valence-corrected chi connectivity index (χ3v) is 7.73. The lowest BCUT2D eigenvalue weighted by molar-refractivity contribution is -0.145. The summed E-state index contributed by atoms with van der Waals surface area (Å²) in [6.45, 7) is 0.397. The number of carboxylic acids is 1. The van der Waals surface area contributed by atoms with E-state index in [9.17, 15) is 14.7 Å². The molecule has 2 fully saturated rings. The highest BCUT2D eigenvalue weighted by Gasteiger charge is 2.42. The van der Waals surface area contributed by atoms with Gasteiger partial charge in [-0.1, -0.05) is 36.8 Å². The highest BCUT2D eigenvalue weighted by Crippen LogP contribution is 2.43. The number of carbonyl (C=O) groups excluding carboxylic acids is 1. The Labute approximate surface area is 195 Å². The van der Waals surface area contributed by atoms with Crippen LogP contribution >= 0.6 is 0 Å². The van der Waals surface area contributed by atoms with Crippen molar-refractivity contribution in [2.75, 3.05) is 6.54 Å². The Morgan fingerprint density at radius 2 is 1.73 bits per heavy atom. The molecule has 3 atom stereocenters. The van der Waals surface area contributed by atoms with Crippen molar-refractivity contribution in [1.29, 1.82) is 0 Å². The number of ether oxygens (including phenoxy) is 1. The monoisotopic (exact) mass is 448 g/mol. The predicted molar refractivity (Wildman–Crippen MR) is 124 cm³/mol. The molecule has 0 spiro atoms. The molecule has 6 nitrogen and oxygen atoms in total. The van der Waals surface area contributed by atoms with Crippen molar-refractivity contribution < 1.29 is 19.4 Å². The molecule has 1 N–H and O–H groups in total. The van der Waals surface area contributed by atoms with Crippen molar-refractivity contribution >= 4 is 12.1 Å². The zero-order valence-corrected chi connectivity index (χ0v) is 19.0. The van der Waals surface area contributed by atoms with Crippen LogP contribution in [0.2, 0.25) is 0 Å². The van der Waals surface area contributed by atoms with Crippen molar-refractivity contribution in [2.24, 2.45) is 5.92 Å². The third kappa shape index (κ3) is 4.48. The number of aliphatic carboxylic acids is 1. The number of benzene rings is 1. The van der Waals surface area contributed by atoms with E-state index >= 15 is 0 Å². The van der Waals surface area contributed by atoms with Gasteiger partial charge in [-0.2, -0.15) is 0 Å². The molecule has 1 aromatic heterocycles. The van der Waals surface area contributed by atoms with Crippen LogP contribution in [0.5, 0.6) is 0 Å². The van der Waals surface area contributed by atoms with Gasteiger partial charge in [0.1, 0.15) is 12.1 Å². The van der Waals surface area contributed by atoms with Crippen molar-refractivity contribution in [3.05, 3.63) is 65.0 Å². The van der Waals surface area contributed by atoms with Crippen LogP contribution in [0.15, 0.2) is 42.6 Å². The normalized spacial score (nSPS) is 25.5. The molecule has 174 valence electrons. The summed E-state index contributed by atoms with van der Waals surface area (Å²) in [5, 5.41) is 10.1. The Bertz CT molecular complexity index is 969. The van der Waals surface area contributed by atoms with Crippen molar-refractivity contribution in [2.45, 2.75) is 75.9 Å². The van der Waals surface area contributed by atoms with Crippen LogP contribution in [0.25, 0.3) is 0 Å². The zero-order valence-electron chi connectivity index (χ0n) is 19.0. The van der Waals surface area contributed by atoms with Crippen LogP contribution in [0.1, 0.15) is 73.2 Å². The van der Waals surface area contributed by atoms with Crippen molar-refractivity contribution in [3.8, 4) is 0 Å². The van der Waals surface area contributed by atoms with Gasteiger partial charge in [-0.05, 0) is 80.0 Å². The molecule has 5 rings (SSSR count). The summed E-state index contributed by atoms with van der Waals surface area (Å²) in [6.07, 6.45) is 9.39. The summed E-state index contributed by atoms with van der Waals surface area (Å²) in [4.78, 5) is 31.5. The van der Waals surface area contributed by atoms with Crippen molar-refractivity contribution in [1.82, 2.24) is 9.88 Å². The second-order valence-electron chi connectivity index (χ2n) is 9.70. The minimum atomic E-state index is -0.955. The molecule has 2 aromatic rings. The van der Waals surface area contributed by atoms with Gasteiger partial charge < -0.3 is 9.84 Å². The van der Waals surface area contributed by atoms with Crippen LogP contribution in [0, 0.1) is 5.92 Å². The largest absolute Gasteiger partial charge is 0.480 e. The summed E-state index contributed by atoms with van der Waals surface area (Å²) in [5.41, 5.74) is 4.87. The van der Waals surface area contributed by atoms with Crippen LogP contribution in [0.4, 0.5) is 4.79 Å². The first-order chi connectivity index (χ1) is 16.1. The van der Waals surface area contributed by atoms with E-state index in [1.165, 1.54) is 28.0 Å². The SMILES string of the molecule is O=C(O)[C@H]1CC(C2c3ccccc3CCc3cccnc32)CCN1C(=O)OC1CCCCC1. The Morgan fingerprint density at radius 3 is 2.55 bits per heavy atom. The average Bonchev–Trinajstić information content (AvgIpc) is 3.01. The molecule has 3 aliphatic rings. The van der Waals surface area contributed by atoms with Gasteiger partial charge >= 0.3 is 12.1 Å². The van der Waals surface area contributed by atoms with Crippen LogP contribution < -0.4 is 0 Å². The van der Waals surface area contributed by atoms with Gasteiger partial charge in [-0.25, -0.2) is 9.59 Å². The maximum atomic E-state index is 12.9. The summed E-state index contributed by atoms with van der Waals surface area (Å²) in [7, 11) is 0. The van der Waals surface area contributed by atoms with Gasteiger partial charge in [-0.3, -0.25) is 9.88 Å². The van der Waals surface area contributed by atoms with Crippen LogP contribution in [-0.4, -0.2) is 45.7 Å². The maximum Gasteiger partial charge on any atom is 0.410 e. The first kappa shape index (κ1) is 21.9. The van der Waals surface area contributed by atoms with E-state index in [1.54, 1.807) is 0 Å². The first-order valence-electron chi connectivity index (χ1n) is 12.3. The molecule has 1 aliphatic heterocycles. The number of likely N-dealkylation sites (tertiary alicyclic amines) is 1. The zero-order chi connectivity index (χ0) is 22.8. The number of hydrogen-bond donors (Lipinski definition) is 1. The summed E-state index contributed by atoms with van der Waals surface area (Å²) in [6, 6.07) is 11.7. The predicted octanol–water partition coefficient (Wildman–Crippen LogP) is 4.95. The lowest BCUT2D eigenvalue weighted by Crippen LogP contribution is -2.51. The molecule has 6 heteroatoms. The molecule has 1 aromatic carbocycles. The molecule has 1 saturated carbocycles. The van der Waals surface area contributed by atoms with Gasteiger partial charge in [0.25, 0.3) is 0 Å². The number of carboxylic acid groups (broad SMARTS) is 1. The highest BCUT2D eigenvalue weighted by molar-refractivity contribution is 5.80. The number of aryl methyl sites for hydroxylation is 2. The number of pyridine rings is 1. The number of fused-ring (bicyclic) bond motifs is 2. The number of rotatable bonds is 3. The fourth-order valence-electron chi connectivity index (χ4n) is 6.04. The van der Waals surface area contributed by atoms with E-state index in [4.69, 9.17) is 9.72 Å². The standard InChI is InChI=1S/C27H32N2O4/c30-26(31)23-17-20(14-16-29(23)27(32)33-21-9-2-1-3-10-21)24-22-11-5-4-7-18(22)12-13-19-8-6-15-28-25(19)24/h4-8,11,15,20-21,23-24H,1-3,9-10,12-14,16-17H2,(H,30,31)/t20?,23-,24?/m1/s1. The fraction of sp³-hybridized carbons (Fsp3) is 0.519. The molecule has 2 unspecified atom stereocenters. The van der Waals surface area contributed by atoms with E-state index in [1.807, 2.05) is 12.3 Å². The summed E-state index contributed by atoms with van der Waals surface area (Å²) >= 11 is 0. The van der Waals surface area contributed by atoms with Crippen LogP contribution in [-0.2, 0) is 22.4 Å². The third-order valence-electron chi connectivity index (χ3n) is 7.73. The van der Waals surface area contributed by atoms with Crippen LogP contribution in [0.3, 0.4) is 0 Å². The van der Waals surface area contributed by atoms with E-state index in [0.717, 1.165) is 50.6 Å². The lowest BCUT2D eigenvalue weighted by Gasteiger charge is -2.40. The molecule has 1 amide bonds. The van der Waals surface area contributed by atoms with E-state index < -0.39 is 18.1 Å². The Kier molecular flexibility index (Phi) is 6.34. The molecule has 1 saturated heterocycles. The molecule has 2 heterocycles. The summed E-state index contributed by atoms with van der Waals surface area (Å²) < 4.78 is 5.74. The number of nitrogens with zero attached hydrogens (tertiary/aromatic N) is 2. The molecular formula is C27H32N2O4. The van der Waals surface area contributed by atoms with Gasteiger partial charge in [-0.15, -0.1) is 0 Å². The van der Waals surface area contributed by atoms with Gasteiger partial charge in [0.2, 0.25) is 0 Å². The molecular weight excluding hydrogens is 416 g/mol.